The molecule has 0 unspecified atom stereocenters. The minimum Gasteiger partial charge on any atom is -0.340 e. The summed E-state index contributed by atoms with van der Waals surface area (Å²) in [5.74, 6) is 0.659. The molecule has 1 aliphatic carbocycles. The van der Waals surface area contributed by atoms with Crippen LogP contribution in [-0.4, -0.2) is 25.8 Å². The highest BCUT2D eigenvalue weighted by molar-refractivity contribution is 5.92. The molecule has 1 saturated carbocycles. The monoisotopic (exact) mass is 345 g/mol. The maximum absolute atomic E-state index is 12.7. The summed E-state index contributed by atoms with van der Waals surface area (Å²) in [6.45, 7) is 4.27. The molecule has 0 spiro atoms. The molecule has 2 aromatic heterocycles. The molecule has 1 fully saturated rings. The Morgan fingerprint density at radius 1 is 1.36 bits per heavy atom. The second-order valence-corrected chi connectivity index (χ2v) is 6.51. The number of carbonyl (C=O) groups is 1. The van der Waals surface area contributed by atoms with E-state index in [-0.39, 0.29) is 17.2 Å². The second-order valence-electron chi connectivity index (χ2n) is 6.51. The van der Waals surface area contributed by atoms with Gasteiger partial charge in [-0.15, -0.1) is 0 Å². The number of unbranched alkanes of at least 4 members (excludes halogenated alkanes) is 1. The number of rotatable bonds is 6. The topological polar surface area (TPSA) is 103 Å². The summed E-state index contributed by atoms with van der Waals surface area (Å²) in [4.78, 5) is 28.9. The predicted molar refractivity (Wildman–Crippen MR) is 90.1 cm³/mol. The van der Waals surface area contributed by atoms with Gasteiger partial charge in [-0.1, -0.05) is 31.3 Å². The van der Waals surface area contributed by atoms with Crippen LogP contribution in [0.4, 0.5) is 0 Å². The molecule has 8 nitrogen and oxygen atoms in total. The average molecular weight is 345 g/mol. The fourth-order valence-corrected chi connectivity index (χ4v) is 3.20. The van der Waals surface area contributed by atoms with E-state index in [4.69, 9.17) is 4.52 Å². The van der Waals surface area contributed by atoms with Gasteiger partial charge < -0.3 is 9.84 Å². The predicted octanol–water partition coefficient (Wildman–Crippen LogP) is 1.93. The lowest BCUT2D eigenvalue weighted by Crippen LogP contribution is -2.45. The number of hydrogen-bond acceptors (Lipinski definition) is 6. The zero-order valence-electron chi connectivity index (χ0n) is 14.6. The number of nitrogens with one attached hydrogen (secondary N) is 1. The Morgan fingerprint density at radius 2 is 2.12 bits per heavy atom. The summed E-state index contributed by atoms with van der Waals surface area (Å²) in [5, 5.41) is 11.3. The first-order chi connectivity index (χ1) is 12.0. The number of nitrogens with zero attached hydrogens (tertiary/aromatic N) is 4. The quantitative estimate of drug-likeness (QED) is 0.858. The van der Waals surface area contributed by atoms with Crippen molar-refractivity contribution in [3.05, 3.63) is 39.9 Å². The average Bonchev–Trinajstić information content (AvgIpc) is 3.24. The first-order valence-corrected chi connectivity index (χ1v) is 8.75. The van der Waals surface area contributed by atoms with E-state index in [0.717, 1.165) is 38.5 Å². The van der Waals surface area contributed by atoms with E-state index >= 15 is 0 Å². The zero-order chi connectivity index (χ0) is 17.9. The van der Waals surface area contributed by atoms with Gasteiger partial charge in [-0.3, -0.25) is 9.59 Å². The summed E-state index contributed by atoms with van der Waals surface area (Å²) in [6.07, 6.45) is 5.27. The van der Waals surface area contributed by atoms with Crippen LogP contribution >= 0.6 is 0 Å². The molecule has 1 N–H and O–H groups in total. The van der Waals surface area contributed by atoms with Crippen molar-refractivity contribution in [2.75, 3.05) is 0 Å². The summed E-state index contributed by atoms with van der Waals surface area (Å²) >= 11 is 0. The van der Waals surface area contributed by atoms with Crippen molar-refractivity contribution in [1.29, 1.82) is 0 Å². The number of amides is 1. The van der Waals surface area contributed by atoms with Gasteiger partial charge in [0.05, 0.1) is 0 Å². The van der Waals surface area contributed by atoms with Gasteiger partial charge in [-0.2, -0.15) is 10.1 Å². The fourth-order valence-electron chi connectivity index (χ4n) is 3.20. The molecule has 134 valence electrons. The highest BCUT2D eigenvalue weighted by atomic mass is 16.5. The van der Waals surface area contributed by atoms with E-state index in [0.29, 0.717) is 18.3 Å². The minimum atomic E-state index is -0.624. The van der Waals surface area contributed by atoms with E-state index in [1.807, 2.05) is 6.92 Å². The lowest BCUT2D eigenvalue weighted by Gasteiger charge is -2.26. The summed E-state index contributed by atoms with van der Waals surface area (Å²) < 4.78 is 6.44. The summed E-state index contributed by atoms with van der Waals surface area (Å²) in [5.41, 5.74) is -0.599. The molecule has 0 bridgehead atoms. The van der Waals surface area contributed by atoms with Crippen LogP contribution in [0.15, 0.2) is 21.5 Å². The van der Waals surface area contributed by atoms with Crippen molar-refractivity contribution in [1.82, 2.24) is 25.2 Å². The largest absolute Gasteiger partial charge is 0.340 e. The molecule has 8 heteroatoms. The molecular weight excluding hydrogens is 322 g/mol. The fraction of sp³-hybridized carbons (Fsp3) is 0.588. The van der Waals surface area contributed by atoms with Crippen LogP contribution in [-0.2, 0) is 12.1 Å². The maximum atomic E-state index is 12.7. The smallest absolute Gasteiger partial charge is 0.272 e. The Kier molecular flexibility index (Phi) is 4.96. The van der Waals surface area contributed by atoms with Gasteiger partial charge in [-0.05, 0) is 25.3 Å². The van der Waals surface area contributed by atoms with Gasteiger partial charge in [-0.25, -0.2) is 4.68 Å². The molecule has 0 atom stereocenters. The summed E-state index contributed by atoms with van der Waals surface area (Å²) in [6, 6.07) is 2.85. The second kappa shape index (κ2) is 7.16. The Hall–Kier alpha value is -2.51. The highest BCUT2D eigenvalue weighted by Gasteiger charge is 2.41. The molecule has 0 aromatic carbocycles. The number of aryl methyl sites for hydroxylation is 2. The minimum absolute atomic E-state index is 0.200. The Bertz CT molecular complexity index is 805. The van der Waals surface area contributed by atoms with E-state index in [1.54, 1.807) is 6.92 Å². The normalized spacial score (nSPS) is 16.1. The lowest BCUT2D eigenvalue weighted by molar-refractivity contribution is 0.0884. The van der Waals surface area contributed by atoms with E-state index in [2.05, 4.69) is 20.6 Å². The molecule has 1 amide bonds. The summed E-state index contributed by atoms with van der Waals surface area (Å²) in [7, 11) is 0. The third-order valence-electron chi connectivity index (χ3n) is 4.59. The van der Waals surface area contributed by atoms with Crippen LogP contribution in [0.3, 0.4) is 0 Å². The van der Waals surface area contributed by atoms with E-state index in [1.165, 1.54) is 16.8 Å². The number of hydrogen-bond donors (Lipinski definition) is 1. The Morgan fingerprint density at radius 3 is 2.76 bits per heavy atom. The van der Waals surface area contributed by atoms with Gasteiger partial charge in [0.1, 0.15) is 11.2 Å². The molecule has 0 aliphatic heterocycles. The molecule has 25 heavy (non-hydrogen) atoms. The van der Waals surface area contributed by atoms with Crippen molar-refractivity contribution < 1.29 is 9.32 Å². The first-order valence-electron chi connectivity index (χ1n) is 8.75. The Balaban J connectivity index is 1.84. The third kappa shape index (κ3) is 3.62. The first kappa shape index (κ1) is 17.3. The molecule has 0 saturated heterocycles. The molecule has 2 heterocycles. The molecule has 2 aromatic rings. The van der Waals surface area contributed by atoms with Crippen molar-refractivity contribution in [2.45, 2.75) is 64.5 Å². The van der Waals surface area contributed by atoms with Crippen molar-refractivity contribution in [2.24, 2.45) is 0 Å². The van der Waals surface area contributed by atoms with Crippen LogP contribution < -0.4 is 10.9 Å². The molecule has 1 aliphatic rings. The number of carbonyl (C=O) groups excluding carboxylic acids is 1. The standard InChI is InChI=1S/C17H23N5O3/c1-3-4-11-22-14(23)8-7-13(20-22)15(24)19-17(9-5-6-10-17)16-18-12(2)25-21-16/h7-8H,3-6,9-11H2,1-2H3,(H,19,24). The van der Waals surface area contributed by atoms with Crippen LogP contribution in [0, 0.1) is 6.92 Å². The molecule has 3 rings (SSSR count). The van der Waals surface area contributed by atoms with E-state index in [9.17, 15) is 9.59 Å². The van der Waals surface area contributed by atoms with Gasteiger partial charge in [0.15, 0.2) is 5.82 Å². The van der Waals surface area contributed by atoms with Crippen molar-refractivity contribution >= 4 is 5.91 Å². The highest BCUT2D eigenvalue weighted by Crippen LogP contribution is 2.37. The SMILES string of the molecule is CCCCn1nc(C(=O)NC2(c3noc(C)n3)CCCC2)ccc1=O. The van der Waals surface area contributed by atoms with Crippen molar-refractivity contribution in [3.8, 4) is 0 Å². The van der Waals surface area contributed by atoms with Crippen LogP contribution in [0.5, 0.6) is 0 Å². The zero-order valence-corrected chi connectivity index (χ0v) is 14.6. The van der Waals surface area contributed by atoms with Gasteiger partial charge in [0, 0.05) is 19.5 Å². The van der Waals surface area contributed by atoms with Crippen molar-refractivity contribution in [3.63, 3.8) is 0 Å². The van der Waals surface area contributed by atoms with Gasteiger partial charge in [0.2, 0.25) is 5.89 Å². The number of aromatic nitrogens is 4. The van der Waals surface area contributed by atoms with Crippen LogP contribution in [0.1, 0.15) is 67.7 Å². The molecule has 0 radical (unpaired) electrons. The Labute approximate surface area is 145 Å². The lowest BCUT2D eigenvalue weighted by atomic mass is 9.96. The maximum Gasteiger partial charge on any atom is 0.272 e. The van der Waals surface area contributed by atoms with Gasteiger partial charge in [0.25, 0.3) is 11.5 Å². The van der Waals surface area contributed by atoms with Crippen LogP contribution in [0.2, 0.25) is 0 Å². The van der Waals surface area contributed by atoms with Crippen LogP contribution in [0.25, 0.3) is 0 Å². The molecular formula is C17H23N5O3. The third-order valence-corrected chi connectivity index (χ3v) is 4.59. The van der Waals surface area contributed by atoms with E-state index < -0.39 is 5.54 Å². The van der Waals surface area contributed by atoms with Gasteiger partial charge >= 0.3 is 0 Å².